The van der Waals surface area contributed by atoms with E-state index in [-0.39, 0.29) is 0 Å². The van der Waals surface area contributed by atoms with E-state index in [0.29, 0.717) is 0 Å². The van der Waals surface area contributed by atoms with Gasteiger partial charge in [0.05, 0.1) is 11.3 Å². The molecule has 0 amide bonds. The molecule has 1 aromatic rings. The average molecular weight is 263 g/mol. The molecule has 0 spiro atoms. The van der Waals surface area contributed by atoms with E-state index in [9.17, 15) is 5.26 Å². The minimum Gasteiger partial charge on any atom is -0.373 e. The lowest BCUT2D eigenvalue weighted by Crippen LogP contribution is -2.23. The zero-order valence-corrected chi connectivity index (χ0v) is 12.2. The number of hydrogen-bond donors (Lipinski definition) is 1. The second-order valence-corrected chi connectivity index (χ2v) is 5.38. The van der Waals surface area contributed by atoms with Crippen LogP contribution < -0.4 is 10.2 Å². The Hall–Kier alpha value is -1.18. The second-order valence-electron chi connectivity index (χ2n) is 4.07. The third-order valence-electron chi connectivity index (χ3n) is 2.75. The van der Waals surface area contributed by atoms with Gasteiger partial charge in [0.1, 0.15) is 6.07 Å². The Bertz CT molecular complexity index is 412. The third-order valence-corrected chi connectivity index (χ3v) is 3.69. The predicted molar refractivity (Wildman–Crippen MR) is 79.4 cm³/mol. The molecule has 0 aromatic heterocycles. The summed E-state index contributed by atoms with van der Waals surface area (Å²) in [5.41, 5.74) is 1.84. The molecule has 0 atom stereocenters. The molecule has 1 N–H and O–H groups in total. The van der Waals surface area contributed by atoms with Crippen molar-refractivity contribution in [2.75, 3.05) is 37.8 Å². The summed E-state index contributed by atoms with van der Waals surface area (Å²) < 4.78 is 0. The van der Waals surface area contributed by atoms with Crippen molar-refractivity contribution >= 4 is 17.4 Å². The Morgan fingerprint density at radius 3 is 2.83 bits per heavy atom. The number of nitrogens with one attached hydrogen (secondary N) is 1. The van der Waals surface area contributed by atoms with Crippen molar-refractivity contribution in [2.24, 2.45) is 0 Å². The number of anilines is 1. The van der Waals surface area contributed by atoms with Crippen LogP contribution in [0.5, 0.6) is 0 Å². The van der Waals surface area contributed by atoms with E-state index in [2.05, 4.69) is 23.2 Å². The topological polar surface area (TPSA) is 39.1 Å². The molecule has 1 rings (SSSR count). The van der Waals surface area contributed by atoms with Gasteiger partial charge in [0.25, 0.3) is 0 Å². The Labute approximate surface area is 114 Å². The molecule has 18 heavy (non-hydrogen) atoms. The summed E-state index contributed by atoms with van der Waals surface area (Å²) in [4.78, 5) is 3.24. The number of benzene rings is 1. The van der Waals surface area contributed by atoms with Gasteiger partial charge >= 0.3 is 0 Å². The van der Waals surface area contributed by atoms with E-state index in [1.165, 1.54) is 0 Å². The molecule has 0 aliphatic carbocycles. The number of rotatable bonds is 7. The van der Waals surface area contributed by atoms with Crippen molar-refractivity contribution in [3.05, 3.63) is 23.8 Å². The van der Waals surface area contributed by atoms with Gasteiger partial charge in [-0.15, -0.1) is 11.8 Å². The van der Waals surface area contributed by atoms with Gasteiger partial charge in [-0.05, 0) is 37.9 Å². The lowest BCUT2D eigenvalue weighted by molar-refractivity contribution is 0.712. The molecule has 0 aliphatic heterocycles. The van der Waals surface area contributed by atoms with Crippen LogP contribution in [-0.2, 0) is 0 Å². The van der Waals surface area contributed by atoms with Crippen LogP contribution in [-0.4, -0.2) is 32.9 Å². The van der Waals surface area contributed by atoms with Crippen LogP contribution in [0, 0.1) is 11.3 Å². The Morgan fingerprint density at radius 2 is 2.22 bits per heavy atom. The zero-order chi connectivity index (χ0) is 13.4. The molecule has 98 valence electrons. The fraction of sp³-hybridized carbons (Fsp3) is 0.500. The van der Waals surface area contributed by atoms with Gasteiger partial charge in [0, 0.05) is 18.5 Å². The normalized spacial score (nSPS) is 10.1. The highest BCUT2D eigenvalue weighted by molar-refractivity contribution is 7.99. The fourth-order valence-corrected chi connectivity index (χ4v) is 2.62. The Morgan fingerprint density at radius 1 is 1.44 bits per heavy atom. The van der Waals surface area contributed by atoms with Gasteiger partial charge in [-0.1, -0.05) is 13.0 Å². The summed E-state index contributed by atoms with van der Waals surface area (Å²) in [6.45, 7) is 4.06. The number of nitriles is 1. The minimum absolute atomic E-state index is 0.802. The summed E-state index contributed by atoms with van der Waals surface area (Å²) in [6.07, 6.45) is 1.07. The van der Waals surface area contributed by atoms with E-state index < -0.39 is 0 Å². The van der Waals surface area contributed by atoms with Crippen molar-refractivity contribution in [1.29, 1.82) is 5.26 Å². The number of nitrogens with zero attached hydrogens (tertiary/aromatic N) is 2. The van der Waals surface area contributed by atoms with Gasteiger partial charge in [-0.25, -0.2) is 0 Å². The van der Waals surface area contributed by atoms with Crippen molar-refractivity contribution in [3.8, 4) is 6.07 Å². The summed E-state index contributed by atoms with van der Waals surface area (Å²) in [6, 6.07) is 8.42. The summed E-state index contributed by atoms with van der Waals surface area (Å²) in [5, 5.41) is 12.5. The summed E-state index contributed by atoms with van der Waals surface area (Å²) in [5.74, 6) is 0.988. The molecule has 0 bridgehead atoms. The fourth-order valence-electron chi connectivity index (χ4n) is 1.84. The molecular formula is C14H21N3S. The lowest BCUT2D eigenvalue weighted by atomic mass is 10.1. The summed E-state index contributed by atoms with van der Waals surface area (Å²) in [7, 11) is 4.01. The Kier molecular flexibility index (Phi) is 6.63. The van der Waals surface area contributed by atoms with Gasteiger partial charge in [0.15, 0.2) is 0 Å². The van der Waals surface area contributed by atoms with E-state index in [0.717, 1.165) is 41.4 Å². The predicted octanol–water partition coefficient (Wildman–Crippen LogP) is 2.72. The van der Waals surface area contributed by atoms with Crippen molar-refractivity contribution in [3.63, 3.8) is 0 Å². The quantitative estimate of drug-likeness (QED) is 0.606. The number of hydrogen-bond acceptors (Lipinski definition) is 4. The molecule has 0 unspecified atom stereocenters. The highest BCUT2D eigenvalue weighted by atomic mass is 32.2. The minimum atomic E-state index is 0.802. The first-order chi connectivity index (χ1) is 8.74. The van der Waals surface area contributed by atoms with Crippen LogP contribution in [0.4, 0.5) is 5.69 Å². The van der Waals surface area contributed by atoms with Gasteiger partial charge in [0.2, 0.25) is 0 Å². The Balaban J connectivity index is 2.87. The molecule has 0 radical (unpaired) electrons. The van der Waals surface area contributed by atoms with E-state index in [1.54, 1.807) is 11.8 Å². The largest absolute Gasteiger partial charge is 0.373 e. The molecule has 0 aliphatic rings. The zero-order valence-electron chi connectivity index (χ0n) is 11.4. The van der Waals surface area contributed by atoms with Crippen molar-refractivity contribution in [1.82, 2.24) is 5.32 Å². The maximum absolute atomic E-state index is 9.34. The second kappa shape index (κ2) is 8.02. The molecule has 0 saturated heterocycles. The van der Waals surface area contributed by atoms with E-state index >= 15 is 0 Å². The molecular weight excluding hydrogens is 242 g/mol. The first-order valence-electron chi connectivity index (χ1n) is 6.26. The molecule has 3 nitrogen and oxygen atoms in total. The smallest absolute Gasteiger partial charge is 0.103 e. The van der Waals surface area contributed by atoms with Crippen LogP contribution in [0.15, 0.2) is 23.1 Å². The molecule has 0 heterocycles. The van der Waals surface area contributed by atoms with Crippen LogP contribution >= 0.6 is 11.8 Å². The van der Waals surface area contributed by atoms with E-state index in [4.69, 9.17) is 0 Å². The van der Waals surface area contributed by atoms with Gasteiger partial charge in [-0.3, -0.25) is 0 Å². The third kappa shape index (κ3) is 3.94. The first kappa shape index (κ1) is 14.9. The van der Waals surface area contributed by atoms with Crippen molar-refractivity contribution < 1.29 is 0 Å². The monoisotopic (exact) mass is 263 g/mol. The average Bonchev–Trinajstić information content (AvgIpc) is 2.39. The van der Waals surface area contributed by atoms with Crippen LogP contribution in [0.2, 0.25) is 0 Å². The maximum Gasteiger partial charge on any atom is 0.103 e. The standard InChI is InChI=1S/C14H21N3S/c1-4-18-14-8-5-7-13(12(14)11-15)17(3)10-6-9-16-2/h5,7-8,16H,4,6,9-10H2,1-3H3. The maximum atomic E-state index is 9.34. The number of thioether (sulfide) groups is 1. The molecule has 0 saturated carbocycles. The molecule has 0 fully saturated rings. The highest BCUT2D eigenvalue weighted by Gasteiger charge is 2.11. The van der Waals surface area contributed by atoms with Crippen molar-refractivity contribution in [2.45, 2.75) is 18.2 Å². The van der Waals surface area contributed by atoms with Gasteiger partial charge in [-0.2, -0.15) is 5.26 Å². The highest BCUT2D eigenvalue weighted by Crippen LogP contribution is 2.29. The molecule has 4 heteroatoms. The van der Waals surface area contributed by atoms with Crippen LogP contribution in [0.1, 0.15) is 18.9 Å². The molecule has 1 aromatic carbocycles. The van der Waals surface area contributed by atoms with E-state index in [1.807, 2.05) is 32.3 Å². The SMILES string of the molecule is CCSc1cccc(N(C)CCCNC)c1C#N. The van der Waals surface area contributed by atoms with Gasteiger partial charge < -0.3 is 10.2 Å². The van der Waals surface area contributed by atoms with Crippen LogP contribution in [0.3, 0.4) is 0 Å². The van der Waals surface area contributed by atoms with Crippen LogP contribution in [0.25, 0.3) is 0 Å². The first-order valence-corrected chi connectivity index (χ1v) is 7.24. The lowest BCUT2D eigenvalue weighted by Gasteiger charge is -2.21. The summed E-state index contributed by atoms with van der Waals surface area (Å²) >= 11 is 1.72.